The third-order valence-corrected chi connectivity index (χ3v) is 6.70. The van der Waals surface area contributed by atoms with Gasteiger partial charge >= 0.3 is 12.1 Å². The van der Waals surface area contributed by atoms with Crippen LogP contribution in [-0.2, 0) is 4.79 Å². The molecule has 1 aromatic rings. The molecule has 1 amide bonds. The summed E-state index contributed by atoms with van der Waals surface area (Å²) in [7, 11) is 0. The first-order chi connectivity index (χ1) is 12.1. The van der Waals surface area contributed by atoms with Gasteiger partial charge in [-0.2, -0.15) is 13.2 Å². The van der Waals surface area contributed by atoms with Crippen LogP contribution in [0.2, 0.25) is 0 Å². The van der Waals surface area contributed by atoms with Gasteiger partial charge in [0.1, 0.15) is 0 Å². The molecule has 0 aliphatic heterocycles. The molecule has 0 radical (unpaired) electrons. The molecule has 1 heterocycles. The van der Waals surface area contributed by atoms with E-state index in [9.17, 15) is 23.1 Å². The summed E-state index contributed by atoms with van der Waals surface area (Å²) >= 11 is 6.68. The van der Waals surface area contributed by atoms with Crippen molar-refractivity contribution < 1.29 is 23.1 Å². The highest BCUT2D eigenvalue weighted by molar-refractivity contribution is 6.24. The van der Waals surface area contributed by atoms with Gasteiger partial charge in [-0.05, 0) is 55.6 Å². The van der Waals surface area contributed by atoms with Crippen LogP contribution in [0.15, 0.2) is 24.5 Å². The van der Waals surface area contributed by atoms with Gasteiger partial charge in [0.25, 0.3) is 0 Å². The van der Waals surface area contributed by atoms with E-state index in [1.807, 2.05) is 0 Å². The molecule has 4 bridgehead atoms. The number of pyridine rings is 1. The lowest BCUT2D eigenvalue weighted by atomic mass is 9.47. The van der Waals surface area contributed by atoms with E-state index in [1.165, 1.54) is 12.4 Å². The average Bonchev–Trinajstić information content (AvgIpc) is 2.50. The summed E-state index contributed by atoms with van der Waals surface area (Å²) in [5.41, 5.74) is -0.704. The standard InChI is InChI=1S/C18H20ClF3N2O2/c19-16-5-10-4-12(7-16)13(17(26,6-10)9-16)14(11-2-1-3-23-8-11)24-15(25)18(20,21)22/h1-3,8,10,12-14,26H,4-7,9H2,(H,24,25)/t10-,12+,13-,14+,16+,17+/m1/s1. The monoisotopic (exact) mass is 388 g/mol. The summed E-state index contributed by atoms with van der Waals surface area (Å²) in [6, 6.07) is 2.30. The Morgan fingerprint density at radius 3 is 2.73 bits per heavy atom. The number of carbonyl (C=O) groups excluding carboxylic acids is 1. The number of halogens is 4. The smallest absolute Gasteiger partial charge is 0.389 e. The topological polar surface area (TPSA) is 62.2 Å². The fourth-order valence-corrected chi connectivity index (χ4v) is 6.45. The van der Waals surface area contributed by atoms with E-state index in [2.05, 4.69) is 10.3 Å². The number of alkyl halides is 4. The molecule has 26 heavy (non-hydrogen) atoms. The number of nitrogens with one attached hydrogen (secondary N) is 1. The van der Waals surface area contributed by atoms with Crippen LogP contribution < -0.4 is 5.32 Å². The van der Waals surface area contributed by atoms with Crippen molar-refractivity contribution in [1.82, 2.24) is 10.3 Å². The Bertz CT molecular complexity index is 716. The second kappa shape index (κ2) is 5.83. The highest BCUT2D eigenvalue weighted by Gasteiger charge is 2.63. The largest absolute Gasteiger partial charge is 0.471 e. The van der Waals surface area contributed by atoms with E-state index in [4.69, 9.17) is 11.6 Å². The van der Waals surface area contributed by atoms with Gasteiger partial charge in [-0.3, -0.25) is 9.78 Å². The quantitative estimate of drug-likeness (QED) is 0.780. The fourth-order valence-electron chi connectivity index (χ4n) is 5.80. The lowest BCUT2D eigenvalue weighted by Gasteiger charge is -2.63. The van der Waals surface area contributed by atoms with Gasteiger partial charge in [-0.15, -0.1) is 11.6 Å². The number of aliphatic hydroxyl groups is 1. The Morgan fingerprint density at radius 2 is 2.15 bits per heavy atom. The lowest BCUT2D eigenvalue weighted by molar-refractivity contribution is -0.187. The molecule has 142 valence electrons. The molecular formula is C18H20ClF3N2O2. The Balaban J connectivity index is 1.71. The summed E-state index contributed by atoms with van der Waals surface area (Å²) in [6.07, 6.45) is 1.16. The Labute approximate surface area is 154 Å². The van der Waals surface area contributed by atoms with Crippen LogP contribution in [-0.4, -0.2) is 32.6 Å². The van der Waals surface area contributed by atoms with Crippen LogP contribution in [0.5, 0.6) is 0 Å². The maximum Gasteiger partial charge on any atom is 0.471 e. The zero-order valence-corrected chi connectivity index (χ0v) is 14.7. The summed E-state index contributed by atoms with van der Waals surface area (Å²) in [5, 5.41) is 13.5. The van der Waals surface area contributed by atoms with Gasteiger partial charge in [0.05, 0.1) is 11.6 Å². The molecular weight excluding hydrogens is 369 g/mol. The molecule has 1 aromatic heterocycles. The average molecular weight is 389 g/mol. The maximum atomic E-state index is 12.9. The summed E-state index contributed by atoms with van der Waals surface area (Å²) in [4.78, 5) is 15.2. The molecule has 2 N–H and O–H groups in total. The Kier molecular flexibility index (Phi) is 4.04. The van der Waals surface area contributed by atoms with Gasteiger partial charge in [0, 0.05) is 23.2 Å². The number of hydrogen-bond acceptors (Lipinski definition) is 3. The minimum absolute atomic E-state index is 0.0301. The van der Waals surface area contributed by atoms with Crippen LogP contribution in [0.3, 0.4) is 0 Å². The second-order valence-electron chi connectivity index (χ2n) is 8.17. The normalized spacial score (nSPS) is 39.7. The van der Waals surface area contributed by atoms with Crippen LogP contribution in [0, 0.1) is 17.8 Å². The molecule has 5 rings (SSSR count). The summed E-state index contributed by atoms with van der Waals surface area (Å²) < 4.78 is 38.7. The first-order valence-corrected chi connectivity index (χ1v) is 9.16. The van der Waals surface area contributed by atoms with Gasteiger partial charge in [-0.25, -0.2) is 0 Å². The minimum atomic E-state index is -4.98. The molecule has 4 nitrogen and oxygen atoms in total. The molecule has 8 heteroatoms. The number of rotatable bonds is 3. The molecule has 4 aliphatic rings. The second-order valence-corrected chi connectivity index (χ2v) is 8.97. The van der Waals surface area contributed by atoms with E-state index in [0.717, 1.165) is 12.8 Å². The zero-order valence-electron chi connectivity index (χ0n) is 14.0. The first kappa shape index (κ1) is 18.0. The number of hydrogen-bond donors (Lipinski definition) is 2. The molecule has 4 saturated carbocycles. The summed E-state index contributed by atoms with van der Waals surface area (Å²) in [5.74, 6) is -2.25. The number of amides is 1. The maximum absolute atomic E-state index is 12.9. The predicted molar refractivity (Wildman–Crippen MR) is 88.3 cm³/mol. The predicted octanol–water partition coefficient (Wildman–Crippen LogP) is 3.35. The Morgan fingerprint density at radius 1 is 1.38 bits per heavy atom. The number of carbonyl (C=O) groups is 1. The molecule has 0 aromatic carbocycles. The SMILES string of the molecule is O=C(N[C@@H](c1cccnc1)[C@H]1[C@H]2C[C@@H]3C[C@](Cl)(C2)C[C@@]1(O)C3)C(F)(F)F. The molecule has 6 atom stereocenters. The highest BCUT2D eigenvalue weighted by Crippen LogP contribution is 2.64. The number of aromatic nitrogens is 1. The van der Waals surface area contributed by atoms with Crippen LogP contribution in [0.1, 0.15) is 43.7 Å². The van der Waals surface area contributed by atoms with Crippen LogP contribution in [0.25, 0.3) is 0 Å². The van der Waals surface area contributed by atoms with Crippen molar-refractivity contribution in [2.75, 3.05) is 0 Å². The van der Waals surface area contributed by atoms with Gasteiger partial charge < -0.3 is 10.4 Å². The van der Waals surface area contributed by atoms with E-state index >= 15 is 0 Å². The fraction of sp³-hybridized carbons (Fsp3) is 0.667. The first-order valence-electron chi connectivity index (χ1n) is 8.79. The van der Waals surface area contributed by atoms with E-state index in [0.29, 0.717) is 24.8 Å². The van der Waals surface area contributed by atoms with Gasteiger partial charge in [-0.1, -0.05) is 6.07 Å². The van der Waals surface area contributed by atoms with Crippen LogP contribution >= 0.6 is 11.6 Å². The van der Waals surface area contributed by atoms with E-state index < -0.39 is 34.5 Å². The molecule has 4 fully saturated rings. The lowest BCUT2D eigenvalue weighted by Crippen LogP contribution is -2.65. The van der Waals surface area contributed by atoms with Crippen molar-refractivity contribution >= 4 is 17.5 Å². The van der Waals surface area contributed by atoms with Crippen molar-refractivity contribution in [3.8, 4) is 0 Å². The zero-order chi connectivity index (χ0) is 18.7. The molecule has 0 spiro atoms. The van der Waals surface area contributed by atoms with Crippen molar-refractivity contribution in [2.24, 2.45) is 17.8 Å². The van der Waals surface area contributed by atoms with E-state index in [-0.39, 0.29) is 11.8 Å². The van der Waals surface area contributed by atoms with Crippen molar-refractivity contribution in [2.45, 2.75) is 54.8 Å². The third-order valence-electron chi connectivity index (χ3n) is 6.26. The minimum Gasteiger partial charge on any atom is -0.389 e. The van der Waals surface area contributed by atoms with Crippen molar-refractivity contribution in [3.05, 3.63) is 30.1 Å². The third kappa shape index (κ3) is 2.99. The van der Waals surface area contributed by atoms with Gasteiger partial charge in [0.15, 0.2) is 0 Å². The van der Waals surface area contributed by atoms with E-state index in [1.54, 1.807) is 12.1 Å². The molecule has 0 unspecified atom stereocenters. The van der Waals surface area contributed by atoms with Gasteiger partial charge in [0.2, 0.25) is 0 Å². The highest BCUT2D eigenvalue weighted by atomic mass is 35.5. The van der Waals surface area contributed by atoms with Crippen LogP contribution in [0.4, 0.5) is 13.2 Å². The van der Waals surface area contributed by atoms with Crippen molar-refractivity contribution in [1.29, 1.82) is 0 Å². The van der Waals surface area contributed by atoms with Crippen molar-refractivity contribution in [3.63, 3.8) is 0 Å². The Hall–Kier alpha value is -1.34. The molecule has 4 aliphatic carbocycles. The number of nitrogens with zero attached hydrogens (tertiary/aromatic N) is 1. The molecule has 0 saturated heterocycles. The summed E-state index contributed by atoms with van der Waals surface area (Å²) in [6.45, 7) is 0.